The van der Waals surface area contributed by atoms with Crippen LogP contribution in [0.3, 0.4) is 0 Å². The summed E-state index contributed by atoms with van der Waals surface area (Å²) in [5, 5.41) is 10.6. The van der Waals surface area contributed by atoms with Crippen molar-refractivity contribution in [2.75, 3.05) is 39.6 Å². The Bertz CT molecular complexity index is 1700. The largest absolute Gasteiger partial charge is 0.472 e. The Hall–Kier alpha value is -1.94. The SMILES string of the molecule is CCCCCCCCCCCCCCCCCCCC(=O)O[C@H](COC(=O)CCCCCCCCCCC(C)CC)COP(=O)(O)OC[C@@H](O)COP(=O)(O)OC[C@@H](COC(=O)CCCCCCCCCCC)OC(=O)CCCCCCCCC(C)C. The Morgan fingerprint density at radius 2 is 0.586 bits per heavy atom. The number of hydrogen-bond donors (Lipinski definition) is 3. The Kier molecular flexibility index (Phi) is 59.0. The Morgan fingerprint density at radius 3 is 0.874 bits per heavy atom. The van der Waals surface area contributed by atoms with Crippen LogP contribution in [0.5, 0.6) is 0 Å². The molecule has 0 aromatic rings. The number of phosphoric ester groups is 2. The Morgan fingerprint density at radius 1 is 0.333 bits per heavy atom. The number of rotatable bonds is 67. The lowest BCUT2D eigenvalue weighted by molar-refractivity contribution is -0.161. The lowest BCUT2D eigenvalue weighted by Gasteiger charge is -2.21. The second kappa shape index (κ2) is 60.3. The van der Waals surface area contributed by atoms with Gasteiger partial charge in [0.1, 0.15) is 19.3 Å². The summed E-state index contributed by atoms with van der Waals surface area (Å²) in [5.41, 5.74) is 0. The van der Waals surface area contributed by atoms with Gasteiger partial charge in [0.2, 0.25) is 0 Å². The monoisotopic (exact) mass is 1280 g/mol. The molecule has 0 aliphatic rings. The molecule has 0 saturated heterocycles. The first-order valence-electron chi connectivity index (χ1n) is 35.5. The van der Waals surface area contributed by atoms with Crippen LogP contribution in [-0.4, -0.2) is 96.7 Å². The van der Waals surface area contributed by atoms with Crippen molar-refractivity contribution in [1.29, 1.82) is 0 Å². The summed E-state index contributed by atoms with van der Waals surface area (Å²) >= 11 is 0. The maximum absolute atomic E-state index is 13.0. The van der Waals surface area contributed by atoms with Crippen LogP contribution in [0.15, 0.2) is 0 Å². The summed E-state index contributed by atoms with van der Waals surface area (Å²) in [4.78, 5) is 72.3. The first kappa shape index (κ1) is 85.1. The van der Waals surface area contributed by atoms with E-state index in [0.717, 1.165) is 95.8 Å². The second-order valence-electron chi connectivity index (χ2n) is 25.3. The number of unbranched alkanes of at least 4 members (excludes halogenated alkanes) is 36. The van der Waals surface area contributed by atoms with Crippen molar-refractivity contribution in [3.8, 4) is 0 Å². The predicted molar refractivity (Wildman–Crippen MR) is 349 cm³/mol. The normalized spacial score (nSPS) is 14.5. The molecule has 0 amide bonds. The lowest BCUT2D eigenvalue weighted by Crippen LogP contribution is -2.30. The fraction of sp³-hybridized carbons (Fsp3) is 0.941. The molecule has 17 nitrogen and oxygen atoms in total. The van der Waals surface area contributed by atoms with Crippen molar-refractivity contribution in [2.45, 2.75) is 362 Å². The maximum atomic E-state index is 13.0. The molecular weight excluding hydrogens is 1150 g/mol. The van der Waals surface area contributed by atoms with Gasteiger partial charge in [0.25, 0.3) is 0 Å². The highest BCUT2D eigenvalue weighted by molar-refractivity contribution is 7.47. The lowest BCUT2D eigenvalue weighted by atomic mass is 9.99. The molecule has 19 heteroatoms. The molecule has 0 aliphatic heterocycles. The van der Waals surface area contributed by atoms with Crippen LogP contribution < -0.4 is 0 Å². The van der Waals surface area contributed by atoms with Gasteiger partial charge >= 0.3 is 39.5 Å². The van der Waals surface area contributed by atoms with E-state index >= 15 is 0 Å². The average Bonchev–Trinajstić information content (AvgIpc) is 3.67. The van der Waals surface area contributed by atoms with Gasteiger partial charge in [-0.1, -0.05) is 292 Å². The third-order valence-electron chi connectivity index (χ3n) is 16.1. The fourth-order valence-corrected chi connectivity index (χ4v) is 11.8. The van der Waals surface area contributed by atoms with Crippen LogP contribution in [0, 0.1) is 11.8 Å². The highest BCUT2D eigenvalue weighted by Gasteiger charge is 2.30. The third-order valence-corrected chi connectivity index (χ3v) is 18.0. The zero-order valence-electron chi connectivity index (χ0n) is 56.3. The minimum atomic E-state index is -4.95. The predicted octanol–water partition coefficient (Wildman–Crippen LogP) is 19.2. The molecule has 0 saturated carbocycles. The molecular formula is C68H132O17P2. The molecule has 87 heavy (non-hydrogen) atoms. The topological polar surface area (TPSA) is 237 Å². The molecule has 0 aromatic carbocycles. The summed E-state index contributed by atoms with van der Waals surface area (Å²) in [7, 11) is -9.89. The second-order valence-corrected chi connectivity index (χ2v) is 28.2. The van der Waals surface area contributed by atoms with E-state index < -0.39 is 97.5 Å². The van der Waals surface area contributed by atoms with Gasteiger partial charge in [-0.3, -0.25) is 37.3 Å². The number of esters is 4. The van der Waals surface area contributed by atoms with Crippen LogP contribution in [-0.2, 0) is 65.4 Å². The number of aliphatic hydroxyl groups is 1. The van der Waals surface area contributed by atoms with Gasteiger partial charge in [-0.25, -0.2) is 9.13 Å². The number of phosphoric acid groups is 2. The van der Waals surface area contributed by atoms with Crippen LogP contribution in [0.25, 0.3) is 0 Å². The maximum Gasteiger partial charge on any atom is 0.472 e. The fourth-order valence-electron chi connectivity index (χ4n) is 10.2. The van der Waals surface area contributed by atoms with Gasteiger partial charge in [-0.05, 0) is 37.5 Å². The number of carbonyl (C=O) groups excluding carboxylic acids is 4. The average molecular weight is 1280 g/mol. The van der Waals surface area contributed by atoms with E-state index in [1.165, 1.54) is 161 Å². The van der Waals surface area contributed by atoms with Crippen LogP contribution >= 0.6 is 15.6 Å². The molecule has 0 spiro atoms. The molecule has 0 radical (unpaired) electrons. The van der Waals surface area contributed by atoms with Crippen molar-refractivity contribution in [3.05, 3.63) is 0 Å². The van der Waals surface area contributed by atoms with E-state index in [4.69, 9.17) is 37.0 Å². The minimum absolute atomic E-state index is 0.102. The van der Waals surface area contributed by atoms with Gasteiger partial charge in [0.15, 0.2) is 12.2 Å². The molecule has 0 heterocycles. The zero-order chi connectivity index (χ0) is 64.3. The number of carbonyl (C=O) groups is 4. The van der Waals surface area contributed by atoms with Gasteiger partial charge in [-0.2, -0.15) is 0 Å². The Labute approximate surface area is 530 Å². The third kappa shape index (κ3) is 61.3. The molecule has 6 atom stereocenters. The highest BCUT2D eigenvalue weighted by Crippen LogP contribution is 2.45. The quantitative estimate of drug-likeness (QED) is 0.0222. The highest BCUT2D eigenvalue weighted by atomic mass is 31.2. The van der Waals surface area contributed by atoms with Crippen molar-refractivity contribution >= 4 is 39.5 Å². The minimum Gasteiger partial charge on any atom is -0.462 e. The molecule has 516 valence electrons. The van der Waals surface area contributed by atoms with Gasteiger partial charge in [0.05, 0.1) is 26.4 Å². The Balaban J connectivity index is 5.21. The number of aliphatic hydroxyl groups excluding tert-OH is 1. The molecule has 0 rings (SSSR count). The zero-order valence-corrected chi connectivity index (χ0v) is 58.1. The standard InChI is InChI=1S/C68H132O17P2/c1-7-10-12-14-16-18-19-20-21-22-23-24-25-27-33-40-46-52-67(72)84-63(56-79-66(71)51-45-39-32-29-28-30-37-43-49-61(6)9-3)58-82-86(74,75)80-54-62(69)55-81-87(76,77)83-59-64(85-68(73)53-47-41-35-34-36-42-48-60(4)5)57-78-65(70)50-44-38-31-26-17-15-13-11-8-2/h60-64,69H,7-59H2,1-6H3,(H,74,75)(H,76,77)/t61?,62-,63-,64-/m1/s1. The summed E-state index contributed by atoms with van der Waals surface area (Å²) in [6.07, 6.45) is 44.6. The first-order valence-corrected chi connectivity index (χ1v) is 38.5. The van der Waals surface area contributed by atoms with Crippen LogP contribution in [0.1, 0.15) is 343 Å². The molecule has 0 aromatic heterocycles. The number of hydrogen-bond acceptors (Lipinski definition) is 15. The van der Waals surface area contributed by atoms with Crippen molar-refractivity contribution in [3.63, 3.8) is 0 Å². The van der Waals surface area contributed by atoms with E-state index in [2.05, 4.69) is 41.5 Å². The number of ether oxygens (including phenoxy) is 4. The molecule has 0 bridgehead atoms. The van der Waals surface area contributed by atoms with E-state index in [-0.39, 0.29) is 25.7 Å². The summed E-state index contributed by atoms with van der Waals surface area (Å²) < 4.78 is 68.1. The smallest absolute Gasteiger partial charge is 0.462 e. The van der Waals surface area contributed by atoms with Gasteiger partial charge in [-0.15, -0.1) is 0 Å². The van der Waals surface area contributed by atoms with Crippen LogP contribution in [0.4, 0.5) is 0 Å². The molecule has 3 unspecified atom stereocenters. The summed E-state index contributed by atoms with van der Waals surface area (Å²) in [6.45, 7) is 9.43. The molecule has 0 aliphatic carbocycles. The first-order chi connectivity index (χ1) is 41.9. The van der Waals surface area contributed by atoms with Crippen LogP contribution in [0.2, 0.25) is 0 Å². The summed E-state index contributed by atoms with van der Waals surface area (Å²) in [6, 6.07) is 0. The van der Waals surface area contributed by atoms with Gasteiger partial charge in [0, 0.05) is 25.7 Å². The van der Waals surface area contributed by atoms with Crippen molar-refractivity contribution in [2.24, 2.45) is 11.8 Å². The molecule has 0 fully saturated rings. The van der Waals surface area contributed by atoms with E-state index in [1.54, 1.807) is 0 Å². The van der Waals surface area contributed by atoms with E-state index in [0.29, 0.717) is 31.6 Å². The summed E-state index contributed by atoms with van der Waals surface area (Å²) in [5.74, 6) is -0.685. The van der Waals surface area contributed by atoms with E-state index in [9.17, 15) is 43.2 Å². The van der Waals surface area contributed by atoms with E-state index in [1.807, 2.05) is 0 Å². The van der Waals surface area contributed by atoms with Crippen molar-refractivity contribution < 1.29 is 80.2 Å². The van der Waals surface area contributed by atoms with Crippen molar-refractivity contribution in [1.82, 2.24) is 0 Å². The molecule has 3 N–H and O–H groups in total. The van der Waals surface area contributed by atoms with Gasteiger partial charge < -0.3 is 33.8 Å².